The minimum absolute atomic E-state index is 0.148. The molecular formula is C20H23NO4. The Kier molecular flexibility index (Phi) is 4.56. The minimum Gasteiger partial charge on any atom is -0.368 e. The summed E-state index contributed by atoms with van der Waals surface area (Å²) in [7, 11) is 0. The van der Waals surface area contributed by atoms with Crippen LogP contribution >= 0.6 is 0 Å². The first-order valence-electron chi connectivity index (χ1n) is 8.67. The van der Waals surface area contributed by atoms with Crippen molar-refractivity contribution in [3.8, 4) is 0 Å². The summed E-state index contributed by atoms with van der Waals surface area (Å²) in [6, 6.07) is 16.0. The van der Waals surface area contributed by atoms with Gasteiger partial charge < -0.3 is 18.9 Å². The molecule has 0 saturated carbocycles. The maximum absolute atomic E-state index is 6.22. The van der Waals surface area contributed by atoms with E-state index >= 15 is 0 Å². The van der Waals surface area contributed by atoms with E-state index in [0.717, 1.165) is 11.3 Å². The van der Waals surface area contributed by atoms with Gasteiger partial charge in [-0.2, -0.15) is 0 Å². The second kappa shape index (κ2) is 6.84. The summed E-state index contributed by atoms with van der Waals surface area (Å²) in [5.41, 5.74) is 2.10. The smallest absolute Gasteiger partial charge is 0.190 e. The van der Waals surface area contributed by atoms with Gasteiger partial charge in [0.2, 0.25) is 0 Å². The van der Waals surface area contributed by atoms with E-state index in [1.165, 1.54) is 0 Å². The topological polar surface area (TPSA) is 49.8 Å². The van der Waals surface area contributed by atoms with Crippen LogP contribution in [0, 0.1) is 0 Å². The molecule has 2 saturated heterocycles. The monoisotopic (exact) mass is 341 g/mol. The summed E-state index contributed by atoms with van der Waals surface area (Å²) < 4.78 is 24.3. The van der Waals surface area contributed by atoms with Gasteiger partial charge in [-0.1, -0.05) is 36.4 Å². The summed E-state index contributed by atoms with van der Waals surface area (Å²) >= 11 is 0. The third-order valence-corrected chi connectivity index (χ3v) is 4.51. The van der Waals surface area contributed by atoms with Crippen LogP contribution in [0.25, 0.3) is 0 Å². The molecule has 3 heterocycles. The van der Waals surface area contributed by atoms with Crippen molar-refractivity contribution in [1.29, 1.82) is 0 Å². The maximum atomic E-state index is 6.22. The zero-order valence-corrected chi connectivity index (χ0v) is 14.5. The molecule has 1 aromatic heterocycles. The molecule has 4 atom stereocenters. The van der Waals surface area contributed by atoms with Crippen LogP contribution in [0.2, 0.25) is 0 Å². The second-order valence-electron chi connectivity index (χ2n) is 6.93. The molecular weight excluding hydrogens is 318 g/mol. The molecule has 5 heteroatoms. The molecule has 2 aliphatic heterocycles. The number of benzene rings is 1. The number of rotatable bonds is 5. The highest BCUT2D eigenvalue weighted by Crippen LogP contribution is 2.39. The van der Waals surface area contributed by atoms with Gasteiger partial charge in [-0.15, -0.1) is 0 Å². The van der Waals surface area contributed by atoms with Gasteiger partial charge in [0, 0.05) is 18.3 Å². The van der Waals surface area contributed by atoms with E-state index in [2.05, 4.69) is 17.1 Å². The van der Waals surface area contributed by atoms with E-state index in [-0.39, 0.29) is 18.3 Å². The van der Waals surface area contributed by atoms with Gasteiger partial charge in [-0.3, -0.25) is 4.98 Å². The maximum Gasteiger partial charge on any atom is 0.190 e. The van der Waals surface area contributed by atoms with Crippen LogP contribution in [-0.4, -0.2) is 35.4 Å². The Balaban J connectivity index is 1.49. The number of hydrogen-bond acceptors (Lipinski definition) is 5. The lowest BCUT2D eigenvalue weighted by molar-refractivity contribution is -0.218. The molecule has 0 spiro atoms. The summed E-state index contributed by atoms with van der Waals surface area (Å²) in [6.07, 6.45) is 1.48. The lowest BCUT2D eigenvalue weighted by Gasteiger charge is -2.26. The van der Waals surface area contributed by atoms with E-state index in [0.29, 0.717) is 13.0 Å². The fourth-order valence-electron chi connectivity index (χ4n) is 3.40. The predicted octanol–water partition coefficient (Wildman–Crippen LogP) is 3.09. The van der Waals surface area contributed by atoms with Crippen molar-refractivity contribution in [2.45, 2.75) is 57.3 Å². The van der Waals surface area contributed by atoms with Crippen LogP contribution < -0.4 is 0 Å². The van der Waals surface area contributed by atoms with Gasteiger partial charge in [-0.05, 0) is 31.5 Å². The Morgan fingerprint density at radius 2 is 1.84 bits per heavy atom. The van der Waals surface area contributed by atoms with Gasteiger partial charge in [-0.25, -0.2) is 0 Å². The highest BCUT2D eigenvalue weighted by Gasteiger charge is 2.55. The largest absolute Gasteiger partial charge is 0.368 e. The number of hydrogen-bond donors (Lipinski definition) is 0. The molecule has 132 valence electrons. The van der Waals surface area contributed by atoms with Gasteiger partial charge in [0.05, 0.1) is 12.7 Å². The van der Waals surface area contributed by atoms with E-state index in [4.69, 9.17) is 18.9 Å². The third-order valence-electron chi connectivity index (χ3n) is 4.51. The fraction of sp³-hybridized carbons (Fsp3) is 0.450. The van der Waals surface area contributed by atoms with Crippen molar-refractivity contribution >= 4 is 0 Å². The quantitative estimate of drug-likeness (QED) is 0.836. The number of fused-ring (bicyclic) bond motifs is 1. The van der Waals surface area contributed by atoms with Crippen molar-refractivity contribution in [3.63, 3.8) is 0 Å². The molecule has 2 fully saturated rings. The SMILES string of the molecule is CC1(C)OC2O[C@H](Cc3ccccn3)[C@H](OCc3ccccc3)[C@H]2O1. The Hall–Kier alpha value is -1.79. The van der Waals surface area contributed by atoms with Crippen molar-refractivity contribution in [3.05, 3.63) is 66.0 Å². The van der Waals surface area contributed by atoms with Crippen molar-refractivity contribution in [1.82, 2.24) is 4.98 Å². The molecule has 4 rings (SSSR count). The van der Waals surface area contributed by atoms with Gasteiger partial charge in [0.1, 0.15) is 12.2 Å². The van der Waals surface area contributed by atoms with E-state index < -0.39 is 12.1 Å². The van der Waals surface area contributed by atoms with Gasteiger partial charge in [0.15, 0.2) is 12.1 Å². The third kappa shape index (κ3) is 3.75. The lowest BCUT2D eigenvalue weighted by atomic mass is 10.1. The first kappa shape index (κ1) is 16.7. The normalized spacial score (nSPS) is 30.3. The molecule has 0 amide bonds. The van der Waals surface area contributed by atoms with E-state index in [1.807, 2.05) is 50.2 Å². The number of nitrogens with zero attached hydrogens (tertiary/aromatic N) is 1. The van der Waals surface area contributed by atoms with Crippen LogP contribution in [-0.2, 0) is 32.0 Å². The lowest BCUT2D eigenvalue weighted by Crippen LogP contribution is -2.37. The first-order chi connectivity index (χ1) is 12.1. The Labute approximate surface area is 147 Å². The predicted molar refractivity (Wildman–Crippen MR) is 91.7 cm³/mol. The number of ether oxygens (including phenoxy) is 4. The molecule has 1 aromatic carbocycles. The van der Waals surface area contributed by atoms with Crippen molar-refractivity contribution in [2.24, 2.45) is 0 Å². The molecule has 0 aliphatic carbocycles. The number of aromatic nitrogens is 1. The van der Waals surface area contributed by atoms with Gasteiger partial charge in [0.25, 0.3) is 0 Å². The summed E-state index contributed by atoms with van der Waals surface area (Å²) in [5, 5.41) is 0. The molecule has 0 radical (unpaired) electrons. The average molecular weight is 341 g/mol. The fourth-order valence-corrected chi connectivity index (χ4v) is 3.40. The van der Waals surface area contributed by atoms with Gasteiger partial charge >= 0.3 is 0 Å². The van der Waals surface area contributed by atoms with E-state index in [1.54, 1.807) is 6.20 Å². The van der Waals surface area contributed by atoms with Crippen LogP contribution in [0.15, 0.2) is 54.7 Å². The molecule has 5 nitrogen and oxygen atoms in total. The Morgan fingerprint density at radius 1 is 1.04 bits per heavy atom. The standard InChI is InChI=1S/C20H23NO4/c1-20(2)24-18-17(22-13-14-8-4-3-5-9-14)16(23-19(18)25-20)12-15-10-6-7-11-21-15/h3-11,16-19H,12-13H2,1-2H3/t16-,17+,18-,19?/m1/s1. The van der Waals surface area contributed by atoms with Crippen LogP contribution in [0.3, 0.4) is 0 Å². The Bertz CT molecular complexity index is 691. The molecule has 1 unspecified atom stereocenters. The summed E-state index contributed by atoms with van der Waals surface area (Å²) in [4.78, 5) is 4.40. The summed E-state index contributed by atoms with van der Waals surface area (Å²) in [6.45, 7) is 4.31. The summed E-state index contributed by atoms with van der Waals surface area (Å²) in [5.74, 6) is -0.653. The zero-order valence-electron chi connectivity index (χ0n) is 14.5. The highest BCUT2D eigenvalue weighted by molar-refractivity contribution is 5.14. The van der Waals surface area contributed by atoms with Crippen LogP contribution in [0.4, 0.5) is 0 Å². The van der Waals surface area contributed by atoms with E-state index in [9.17, 15) is 0 Å². The number of pyridine rings is 1. The zero-order chi connectivity index (χ0) is 17.3. The average Bonchev–Trinajstić information content (AvgIpc) is 3.06. The minimum atomic E-state index is -0.653. The first-order valence-corrected chi connectivity index (χ1v) is 8.67. The Morgan fingerprint density at radius 3 is 2.60 bits per heavy atom. The van der Waals surface area contributed by atoms with Crippen molar-refractivity contribution < 1.29 is 18.9 Å². The molecule has 25 heavy (non-hydrogen) atoms. The highest BCUT2D eigenvalue weighted by atomic mass is 16.8. The molecule has 0 N–H and O–H groups in total. The van der Waals surface area contributed by atoms with Crippen molar-refractivity contribution in [2.75, 3.05) is 0 Å². The molecule has 2 aromatic rings. The second-order valence-corrected chi connectivity index (χ2v) is 6.93. The molecule has 2 aliphatic rings. The van der Waals surface area contributed by atoms with Crippen LogP contribution in [0.1, 0.15) is 25.1 Å². The molecule has 0 bridgehead atoms. The van der Waals surface area contributed by atoms with Crippen LogP contribution in [0.5, 0.6) is 0 Å².